The summed E-state index contributed by atoms with van der Waals surface area (Å²) in [6.45, 7) is 2.58. The average molecular weight is 256 g/mol. The van der Waals surface area contributed by atoms with Crippen LogP contribution in [0, 0.1) is 0 Å². The molecule has 2 aliphatic heterocycles. The third kappa shape index (κ3) is 2.61. The van der Waals surface area contributed by atoms with Crippen LogP contribution in [0.25, 0.3) is 0 Å². The van der Waals surface area contributed by atoms with E-state index in [1.54, 1.807) is 6.92 Å². The van der Waals surface area contributed by atoms with Crippen molar-refractivity contribution in [1.82, 2.24) is 10.2 Å². The van der Waals surface area contributed by atoms with E-state index in [0.29, 0.717) is 19.6 Å². The normalized spacial score (nSPS) is 28.1. The van der Waals surface area contributed by atoms with E-state index in [4.69, 9.17) is 9.84 Å². The third-order valence-corrected chi connectivity index (χ3v) is 3.29. The first-order valence-corrected chi connectivity index (χ1v) is 5.88. The van der Waals surface area contributed by atoms with Gasteiger partial charge in [-0.25, -0.2) is 4.79 Å². The highest BCUT2D eigenvalue weighted by Crippen LogP contribution is 2.28. The zero-order valence-electron chi connectivity index (χ0n) is 10.1. The van der Waals surface area contributed by atoms with Gasteiger partial charge in [0.15, 0.2) is 5.78 Å². The van der Waals surface area contributed by atoms with Crippen molar-refractivity contribution in [2.75, 3.05) is 19.7 Å². The Hall–Kier alpha value is -1.63. The van der Waals surface area contributed by atoms with Gasteiger partial charge in [-0.2, -0.15) is 0 Å². The molecule has 2 atom stereocenters. The molecule has 0 aliphatic carbocycles. The Morgan fingerprint density at radius 1 is 1.61 bits per heavy atom. The van der Waals surface area contributed by atoms with Crippen LogP contribution in [0.2, 0.25) is 0 Å². The van der Waals surface area contributed by atoms with Crippen LogP contribution in [0.3, 0.4) is 0 Å². The molecule has 2 amide bonds. The van der Waals surface area contributed by atoms with E-state index in [1.165, 1.54) is 4.90 Å². The Morgan fingerprint density at radius 3 is 2.72 bits per heavy atom. The van der Waals surface area contributed by atoms with Gasteiger partial charge >= 0.3 is 6.09 Å². The van der Waals surface area contributed by atoms with Crippen LogP contribution in [-0.4, -0.2) is 59.1 Å². The van der Waals surface area contributed by atoms with E-state index in [1.807, 2.05) is 0 Å². The van der Waals surface area contributed by atoms with E-state index >= 15 is 0 Å². The minimum absolute atomic E-state index is 0.0399. The molecule has 18 heavy (non-hydrogen) atoms. The maximum absolute atomic E-state index is 12.1. The summed E-state index contributed by atoms with van der Waals surface area (Å²) >= 11 is 0. The maximum Gasteiger partial charge on any atom is 0.405 e. The Balaban J connectivity index is 2.02. The number of amides is 2. The lowest BCUT2D eigenvalue weighted by atomic mass is 10.0. The predicted molar refractivity (Wildman–Crippen MR) is 60.1 cm³/mol. The SMILES string of the molecule is C[C@]1(C(=O)[C@H](CN2CCCC2=O)NC(=O)O)CO1. The molecule has 2 aliphatic rings. The number of carbonyl (C=O) groups excluding carboxylic acids is 2. The largest absolute Gasteiger partial charge is 0.465 e. The summed E-state index contributed by atoms with van der Waals surface area (Å²) in [6.07, 6.45) is -0.0632. The summed E-state index contributed by atoms with van der Waals surface area (Å²) in [5, 5.41) is 10.9. The van der Waals surface area contributed by atoms with Gasteiger partial charge in [-0.1, -0.05) is 0 Å². The van der Waals surface area contributed by atoms with Crippen molar-refractivity contribution in [3.05, 3.63) is 0 Å². The summed E-state index contributed by atoms with van der Waals surface area (Å²) in [5.74, 6) is -0.355. The molecule has 0 aromatic heterocycles. The minimum Gasteiger partial charge on any atom is -0.465 e. The first-order chi connectivity index (χ1) is 8.42. The van der Waals surface area contributed by atoms with E-state index in [0.717, 1.165) is 6.42 Å². The Labute approximate surface area is 104 Å². The van der Waals surface area contributed by atoms with Crippen molar-refractivity contribution >= 4 is 17.8 Å². The fourth-order valence-electron chi connectivity index (χ4n) is 2.08. The van der Waals surface area contributed by atoms with Crippen LogP contribution >= 0.6 is 0 Å². The molecule has 0 spiro atoms. The molecule has 7 nitrogen and oxygen atoms in total. The molecule has 0 saturated carbocycles. The van der Waals surface area contributed by atoms with Gasteiger partial charge in [-0.3, -0.25) is 9.59 Å². The van der Waals surface area contributed by atoms with Crippen molar-refractivity contribution < 1.29 is 24.2 Å². The number of hydrogen-bond donors (Lipinski definition) is 2. The van der Waals surface area contributed by atoms with Crippen molar-refractivity contribution in [3.63, 3.8) is 0 Å². The van der Waals surface area contributed by atoms with Gasteiger partial charge in [0.05, 0.1) is 6.61 Å². The Bertz CT molecular complexity index is 391. The number of carboxylic acid groups (broad SMARTS) is 1. The molecule has 7 heteroatoms. The van der Waals surface area contributed by atoms with Crippen LogP contribution in [0.15, 0.2) is 0 Å². The molecule has 2 N–H and O–H groups in total. The van der Waals surface area contributed by atoms with Gasteiger partial charge < -0.3 is 20.1 Å². The van der Waals surface area contributed by atoms with E-state index in [2.05, 4.69) is 5.32 Å². The van der Waals surface area contributed by atoms with Gasteiger partial charge in [-0.05, 0) is 13.3 Å². The molecule has 100 valence electrons. The number of carbonyl (C=O) groups is 3. The van der Waals surface area contributed by atoms with Gasteiger partial charge in [0.25, 0.3) is 0 Å². The average Bonchev–Trinajstić information content (AvgIpc) is 2.92. The van der Waals surface area contributed by atoms with Crippen LogP contribution < -0.4 is 5.32 Å². The molecule has 0 aromatic rings. The van der Waals surface area contributed by atoms with Crippen molar-refractivity contribution in [2.24, 2.45) is 0 Å². The number of ether oxygens (including phenoxy) is 1. The lowest BCUT2D eigenvalue weighted by Gasteiger charge is -2.23. The minimum atomic E-state index is -1.27. The first-order valence-electron chi connectivity index (χ1n) is 5.88. The lowest BCUT2D eigenvalue weighted by Crippen LogP contribution is -2.52. The summed E-state index contributed by atoms with van der Waals surface area (Å²) in [5.41, 5.74) is -0.893. The number of ketones is 1. The molecule has 2 heterocycles. The van der Waals surface area contributed by atoms with E-state index < -0.39 is 17.7 Å². The molecule has 0 unspecified atom stereocenters. The second kappa shape index (κ2) is 4.56. The van der Waals surface area contributed by atoms with Crippen LogP contribution in [0.1, 0.15) is 19.8 Å². The fraction of sp³-hybridized carbons (Fsp3) is 0.727. The highest BCUT2D eigenvalue weighted by atomic mass is 16.6. The standard InChI is InChI=1S/C11H16N2O5/c1-11(6-18-11)9(15)7(12-10(16)17)5-13-4-2-3-8(13)14/h7,12H,2-6H2,1H3,(H,16,17)/t7-,11+/m0/s1. The molecule has 2 fully saturated rings. The number of Topliss-reactive ketones (excluding diaryl/α,β-unsaturated/α-hetero) is 1. The smallest absolute Gasteiger partial charge is 0.405 e. The molecule has 0 aromatic carbocycles. The Kier molecular flexibility index (Phi) is 3.25. The van der Waals surface area contributed by atoms with Crippen LogP contribution in [0.4, 0.5) is 4.79 Å². The van der Waals surface area contributed by atoms with E-state index in [-0.39, 0.29) is 18.2 Å². The van der Waals surface area contributed by atoms with E-state index in [9.17, 15) is 14.4 Å². The van der Waals surface area contributed by atoms with Crippen LogP contribution in [-0.2, 0) is 14.3 Å². The molecular weight excluding hydrogens is 240 g/mol. The van der Waals surface area contributed by atoms with Gasteiger partial charge in [0.2, 0.25) is 5.91 Å². The molecule has 2 rings (SSSR count). The zero-order chi connectivity index (χ0) is 13.3. The maximum atomic E-state index is 12.1. The number of nitrogens with one attached hydrogen (secondary N) is 1. The van der Waals surface area contributed by atoms with Crippen molar-refractivity contribution in [1.29, 1.82) is 0 Å². The topological polar surface area (TPSA) is 99.2 Å². The fourth-order valence-corrected chi connectivity index (χ4v) is 2.08. The number of rotatable bonds is 5. The number of epoxide rings is 1. The highest BCUT2D eigenvalue weighted by molar-refractivity contribution is 5.96. The van der Waals surface area contributed by atoms with Crippen LogP contribution in [0.5, 0.6) is 0 Å². The highest BCUT2D eigenvalue weighted by Gasteiger charge is 2.50. The lowest BCUT2D eigenvalue weighted by molar-refractivity contribution is -0.130. The second-order valence-corrected chi connectivity index (χ2v) is 4.83. The van der Waals surface area contributed by atoms with Crippen molar-refractivity contribution in [3.8, 4) is 0 Å². The molecule has 0 bridgehead atoms. The Morgan fingerprint density at radius 2 is 2.28 bits per heavy atom. The summed E-state index contributed by atoms with van der Waals surface area (Å²) in [6, 6.07) is -0.919. The van der Waals surface area contributed by atoms with Crippen molar-refractivity contribution in [2.45, 2.75) is 31.4 Å². The summed E-state index contributed by atoms with van der Waals surface area (Å²) < 4.78 is 5.03. The molecule has 2 saturated heterocycles. The monoisotopic (exact) mass is 256 g/mol. The molecule has 0 radical (unpaired) electrons. The van der Waals surface area contributed by atoms with Gasteiger partial charge in [0.1, 0.15) is 11.6 Å². The predicted octanol–water partition coefficient (Wildman–Crippen LogP) is -0.397. The second-order valence-electron chi connectivity index (χ2n) is 4.83. The number of hydrogen-bond acceptors (Lipinski definition) is 4. The zero-order valence-corrected chi connectivity index (χ0v) is 10.1. The molecular formula is C11H16N2O5. The summed E-state index contributed by atoms with van der Waals surface area (Å²) in [4.78, 5) is 35.8. The quantitative estimate of drug-likeness (QED) is 0.652. The first kappa shape index (κ1) is 12.8. The summed E-state index contributed by atoms with van der Waals surface area (Å²) in [7, 11) is 0. The number of likely N-dealkylation sites (tertiary alicyclic amines) is 1. The third-order valence-electron chi connectivity index (χ3n) is 3.29. The van der Waals surface area contributed by atoms with Gasteiger partial charge in [-0.15, -0.1) is 0 Å². The number of nitrogens with zero attached hydrogens (tertiary/aromatic N) is 1. The van der Waals surface area contributed by atoms with Gasteiger partial charge in [0, 0.05) is 19.5 Å².